The van der Waals surface area contributed by atoms with Gasteiger partial charge in [0.2, 0.25) is 11.8 Å². The number of fused-ring (bicyclic) bond motifs is 3. The molecule has 1 saturated heterocycles. The van der Waals surface area contributed by atoms with Crippen LogP contribution in [0.1, 0.15) is 59.3 Å². The fraction of sp³-hybridized carbons (Fsp3) is 0.447. The Kier molecular flexibility index (Phi) is 9.73. The molecule has 2 aromatic carbocycles. The van der Waals surface area contributed by atoms with E-state index in [0.717, 1.165) is 17.4 Å². The molecule has 264 valence electrons. The minimum atomic E-state index is -1.44. The van der Waals surface area contributed by atoms with Crippen LogP contribution in [0, 0.1) is 5.92 Å². The van der Waals surface area contributed by atoms with Crippen molar-refractivity contribution in [3.05, 3.63) is 66.7 Å². The van der Waals surface area contributed by atoms with Gasteiger partial charge in [-0.05, 0) is 58.6 Å². The number of nitrogens with zero attached hydrogens (tertiary/aromatic N) is 2. The van der Waals surface area contributed by atoms with Gasteiger partial charge in [-0.2, -0.15) is 0 Å². The Morgan fingerprint density at radius 1 is 1.08 bits per heavy atom. The summed E-state index contributed by atoms with van der Waals surface area (Å²) in [5.74, 6) is -1.36. The van der Waals surface area contributed by atoms with E-state index in [9.17, 15) is 24.3 Å². The third kappa shape index (κ3) is 7.54. The van der Waals surface area contributed by atoms with Gasteiger partial charge in [-0.15, -0.1) is 0 Å². The molecule has 0 radical (unpaired) electrons. The third-order valence-electron chi connectivity index (χ3n) is 9.40. The van der Waals surface area contributed by atoms with E-state index in [0.29, 0.717) is 42.0 Å². The molecule has 3 aliphatic rings. The lowest BCUT2D eigenvalue weighted by Crippen LogP contribution is -2.56. The summed E-state index contributed by atoms with van der Waals surface area (Å²) in [7, 11) is 1.58. The van der Waals surface area contributed by atoms with Gasteiger partial charge in [-0.1, -0.05) is 48.9 Å². The average Bonchev–Trinajstić information content (AvgIpc) is 3.61. The standard InChI is InChI=1S/C38H44N4O8/c1-37(2,3)50-36(47)40-28-15-11-6-5-10-14-24-21-38(24,35(45)46)41-33(43)31-19-26(22-42(31)34(28)44)49-32-20-29(23-12-8-7-9-13-23)39-30-18-25(48-4)16-17-27(30)32/h7-10,12-14,16-18,20,24,26,28,31H,5-6,11,15,19,21-22H2,1-4H3,(H,40,47)(H,41,43)(H,45,46)/b14-10+/t24-,26+,28-,31-,38+/m0/s1. The molecule has 0 unspecified atom stereocenters. The average molecular weight is 685 g/mol. The molecule has 6 rings (SSSR count). The van der Waals surface area contributed by atoms with Crippen LogP contribution < -0.4 is 20.1 Å². The highest BCUT2D eigenvalue weighted by atomic mass is 16.6. The van der Waals surface area contributed by atoms with Crippen LogP contribution in [0.5, 0.6) is 11.5 Å². The van der Waals surface area contributed by atoms with Gasteiger partial charge in [-0.3, -0.25) is 9.59 Å². The molecule has 12 nitrogen and oxygen atoms in total. The molecule has 50 heavy (non-hydrogen) atoms. The molecule has 1 aliphatic carbocycles. The van der Waals surface area contributed by atoms with Crippen molar-refractivity contribution in [2.24, 2.45) is 5.92 Å². The molecule has 1 saturated carbocycles. The quantitative estimate of drug-likeness (QED) is 0.296. The zero-order chi connectivity index (χ0) is 35.6. The highest BCUT2D eigenvalue weighted by Crippen LogP contribution is 2.45. The number of carbonyl (C=O) groups is 4. The summed E-state index contributed by atoms with van der Waals surface area (Å²) in [5.41, 5.74) is -0.0295. The molecule has 1 aromatic heterocycles. The van der Waals surface area contributed by atoms with Crippen LogP contribution in [0.4, 0.5) is 4.79 Å². The topological polar surface area (TPSA) is 156 Å². The van der Waals surface area contributed by atoms with Crippen molar-refractivity contribution in [3.8, 4) is 22.8 Å². The Bertz CT molecular complexity index is 1810. The van der Waals surface area contributed by atoms with E-state index in [-0.39, 0.29) is 25.3 Å². The number of aromatic nitrogens is 1. The molecule has 2 fully saturated rings. The lowest BCUT2D eigenvalue weighted by atomic mass is 10.0. The molecule has 12 heteroatoms. The maximum Gasteiger partial charge on any atom is 0.408 e. The first-order chi connectivity index (χ1) is 23.9. The number of carbonyl (C=O) groups excluding carboxylic acids is 3. The summed E-state index contributed by atoms with van der Waals surface area (Å²) in [6.07, 6.45) is 5.13. The van der Waals surface area contributed by atoms with E-state index in [1.165, 1.54) is 4.90 Å². The van der Waals surface area contributed by atoms with E-state index >= 15 is 0 Å². The predicted octanol–water partition coefficient (Wildman–Crippen LogP) is 5.24. The van der Waals surface area contributed by atoms with Crippen molar-refractivity contribution in [1.29, 1.82) is 0 Å². The maximum atomic E-state index is 14.3. The normalized spacial score (nSPS) is 26.1. The Hall–Kier alpha value is -5.13. The number of hydrogen-bond donors (Lipinski definition) is 3. The Balaban J connectivity index is 1.34. The van der Waals surface area contributed by atoms with Crippen LogP contribution in [0.15, 0.2) is 66.7 Å². The number of benzene rings is 2. The van der Waals surface area contributed by atoms with Crippen molar-refractivity contribution >= 4 is 34.8 Å². The molecule has 3 amide bonds. The molecule has 3 N–H and O–H groups in total. The van der Waals surface area contributed by atoms with E-state index in [2.05, 4.69) is 10.6 Å². The molecule has 0 spiro atoms. The van der Waals surface area contributed by atoms with Gasteiger partial charge in [-0.25, -0.2) is 14.6 Å². The summed E-state index contributed by atoms with van der Waals surface area (Å²) in [4.78, 5) is 60.0. The van der Waals surface area contributed by atoms with Crippen LogP contribution in [0.3, 0.4) is 0 Å². The molecular formula is C38H44N4O8. The third-order valence-corrected chi connectivity index (χ3v) is 9.40. The lowest BCUT2D eigenvalue weighted by molar-refractivity contribution is -0.145. The van der Waals surface area contributed by atoms with Crippen molar-refractivity contribution in [3.63, 3.8) is 0 Å². The SMILES string of the molecule is COc1ccc2c(O[C@@H]3C[C@H]4C(=O)N[C@]5(C(=O)O)C[C@@H]5/C=C/CCCC[C@H](NC(=O)OC(C)(C)C)C(=O)N4C3)cc(-c3ccccc3)nc2c1. The zero-order valence-electron chi connectivity index (χ0n) is 28.8. The lowest BCUT2D eigenvalue weighted by Gasteiger charge is -2.30. The molecule has 2 aliphatic heterocycles. The maximum absolute atomic E-state index is 14.3. The number of aliphatic carboxylic acids is 1. The number of nitrogens with one attached hydrogen (secondary N) is 2. The summed E-state index contributed by atoms with van der Waals surface area (Å²) in [6.45, 7) is 5.25. The summed E-state index contributed by atoms with van der Waals surface area (Å²) < 4.78 is 17.6. The number of alkyl carbamates (subject to hydrolysis) is 1. The minimum Gasteiger partial charge on any atom is -0.497 e. The molecule has 3 heterocycles. The van der Waals surface area contributed by atoms with Crippen molar-refractivity contribution < 1.29 is 38.5 Å². The number of carboxylic acids is 1. The Morgan fingerprint density at radius 2 is 1.86 bits per heavy atom. The predicted molar refractivity (Wildman–Crippen MR) is 186 cm³/mol. The van der Waals surface area contributed by atoms with Crippen LogP contribution in [0.2, 0.25) is 0 Å². The number of pyridine rings is 1. The number of amides is 3. The minimum absolute atomic E-state index is 0.0352. The van der Waals surface area contributed by atoms with Gasteiger partial charge in [0.1, 0.15) is 40.8 Å². The first-order valence-corrected chi connectivity index (χ1v) is 17.1. The Morgan fingerprint density at radius 3 is 2.58 bits per heavy atom. The van der Waals surface area contributed by atoms with Crippen LogP contribution in [0.25, 0.3) is 22.2 Å². The fourth-order valence-electron chi connectivity index (χ4n) is 6.76. The second-order valence-corrected chi connectivity index (χ2v) is 14.2. The van der Waals surface area contributed by atoms with Crippen molar-refractivity contribution in [1.82, 2.24) is 20.5 Å². The monoisotopic (exact) mass is 684 g/mol. The van der Waals surface area contributed by atoms with E-state index in [4.69, 9.17) is 19.2 Å². The molecular weight excluding hydrogens is 640 g/mol. The largest absolute Gasteiger partial charge is 0.497 e. The second-order valence-electron chi connectivity index (χ2n) is 14.2. The number of allylic oxidation sites excluding steroid dienone is 1. The number of carboxylic acid groups (broad SMARTS) is 1. The zero-order valence-corrected chi connectivity index (χ0v) is 28.8. The summed E-state index contributed by atoms with van der Waals surface area (Å²) in [5, 5.41) is 16.4. The fourth-order valence-corrected chi connectivity index (χ4v) is 6.76. The van der Waals surface area contributed by atoms with Gasteiger partial charge < -0.3 is 34.9 Å². The summed E-state index contributed by atoms with van der Waals surface area (Å²) >= 11 is 0. The number of hydrogen-bond acceptors (Lipinski definition) is 8. The first-order valence-electron chi connectivity index (χ1n) is 17.1. The Labute approximate surface area is 291 Å². The summed E-state index contributed by atoms with van der Waals surface area (Å²) in [6, 6.07) is 15.0. The van der Waals surface area contributed by atoms with Gasteiger partial charge >= 0.3 is 12.1 Å². The van der Waals surface area contributed by atoms with Crippen molar-refractivity contribution in [2.45, 2.75) is 88.6 Å². The molecule has 5 atom stereocenters. The highest BCUT2D eigenvalue weighted by molar-refractivity contribution is 5.96. The highest BCUT2D eigenvalue weighted by Gasteiger charge is 2.61. The second kappa shape index (κ2) is 14.0. The van der Waals surface area contributed by atoms with Gasteiger partial charge in [0.15, 0.2) is 0 Å². The number of methoxy groups -OCH3 is 1. The van der Waals surface area contributed by atoms with Crippen molar-refractivity contribution in [2.75, 3.05) is 13.7 Å². The number of ether oxygens (including phenoxy) is 3. The van der Waals surface area contributed by atoms with Gasteiger partial charge in [0, 0.05) is 35.4 Å². The first kappa shape index (κ1) is 34.7. The molecule has 3 aromatic rings. The van der Waals surface area contributed by atoms with E-state index < -0.39 is 53.2 Å². The van der Waals surface area contributed by atoms with Crippen LogP contribution in [-0.4, -0.2) is 81.8 Å². The van der Waals surface area contributed by atoms with Crippen LogP contribution >= 0.6 is 0 Å². The van der Waals surface area contributed by atoms with E-state index in [1.54, 1.807) is 27.9 Å². The van der Waals surface area contributed by atoms with E-state index in [1.807, 2.05) is 66.7 Å². The van der Waals surface area contributed by atoms with Crippen LogP contribution in [-0.2, 0) is 19.1 Å². The van der Waals surface area contributed by atoms with Gasteiger partial charge in [0.05, 0.1) is 24.9 Å². The molecule has 0 bridgehead atoms. The smallest absolute Gasteiger partial charge is 0.408 e. The van der Waals surface area contributed by atoms with Gasteiger partial charge in [0.25, 0.3) is 0 Å². The number of rotatable bonds is 6.